The second-order valence-corrected chi connectivity index (χ2v) is 6.34. The van der Waals surface area contributed by atoms with E-state index in [0.717, 1.165) is 22.0 Å². The first kappa shape index (κ1) is 13.2. The number of aryl methyl sites for hydroxylation is 1. The Morgan fingerprint density at radius 2 is 1.91 bits per heavy atom. The highest BCUT2D eigenvalue weighted by Crippen LogP contribution is 2.41. The maximum absolute atomic E-state index is 6.10. The van der Waals surface area contributed by atoms with Gasteiger partial charge in [0.1, 0.15) is 5.66 Å². The Morgan fingerprint density at radius 1 is 1.09 bits per heavy atom. The molecule has 4 rings (SSSR count). The molecule has 0 fully saturated rings. The summed E-state index contributed by atoms with van der Waals surface area (Å²) < 4.78 is 6.10. The van der Waals surface area contributed by atoms with Crippen molar-refractivity contribution in [1.29, 1.82) is 0 Å². The molecule has 0 bridgehead atoms. The maximum atomic E-state index is 6.10. The third-order valence-electron chi connectivity index (χ3n) is 4.73. The van der Waals surface area contributed by atoms with Crippen molar-refractivity contribution >= 4 is 27.8 Å². The minimum Gasteiger partial charge on any atom is -0.435 e. The summed E-state index contributed by atoms with van der Waals surface area (Å²) in [4.78, 5) is 8.82. The van der Waals surface area contributed by atoms with Crippen molar-refractivity contribution in [3.8, 4) is 0 Å². The predicted octanol–water partition coefficient (Wildman–Crippen LogP) is 4.25. The van der Waals surface area contributed by atoms with Crippen LogP contribution in [0.2, 0.25) is 0 Å². The van der Waals surface area contributed by atoms with Gasteiger partial charge in [-0.2, -0.15) is 0 Å². The van der Waals surface area contributed by atoms with Crippen LogP contribution >= 0.6 is 0 Å². The van der Waals surface area contributed by atoms with Crippen LogP contribution in [0.1, 0.15) is 19.4 Å². The van der Waals surface area contributed by atoms with Gasteiger partial charge in [0.15, 0.2) is 5.58 Å². The van der Waals surface area contributed by atoms with Crippen LogP contribution in [-0.2, 0) is 0 Å². The van der Waals surface area contributed by atoms with Crippen LogP contribution in [0.3, 0.4) is 0 Å². The van der Waals surface area contributed by atoms with Gasteiger partial charge >= 0.3 is 0 Å². The first-order valence-corrected chi connectivity index (χ1v) is 7.47. The molecule has 1 aliphatic rings. The van der Waals surface area contributed by atoms with E-state index < -0.39 is 0 Å². The van der Waals surface area contributed by atoms with Crippen LogP contribution in [0.5, 0.6) is 0 Å². The number of pyridine rings is 1. The van der Waals surface area contributed by atoms with Crippen LogP contribution in [0.15, 0.2) is 47.3 Å². The molecule has 0 saturated heterocycles. The van der Waals surface area contributed by atoms with Crippen LogP contribution in [-0.4, -0.2) is 22.6 Å². The van der Waals surface area contributed by atoms with Crippen molar-refractivity contribution in [3.63, 3.8) is 0 Å². The van der Waals surface area contributed by atoms with E-state index in [1.54, 1.807) is 6.20 Å². The van der Waals surface area contributed by atoms with E-state index in [1.165, 1.54) is 5.56 Å². The zero-order chi connectivity index (χ0) is 15.5. The molecule has 4 nitrogen and oxygen atoms in total. The number of hydrogen-bond donors (Lipinski definition) is 0. The zero-order valence-electron chi connectivity index (χ0n) is 13.3. The molecule has 1 aliphatic heterocycles. The fourth-order valence-electron chi connectivity index (χ4n) is 3.11. The first-order valence-electron chi connectivity index (χ1n) is 7.47. The molecule has 112 valence electrons. The van der Waals surface area contributed by atoms with Gasteiger partial charge in [-0.05, 0) is 38.5 Å². The summed E-state index contributed by atoms with van der Waals surface area (Å²) in [5.41, 5.74) is 3.77. The summed E-state index contributed by atoms with van der Waals surface area (Å²) in [6, 6.07) is 8.29. The lowest BCUT2D eigenvalue weighted by Gasteiger charge is -2.38. The molecule has 22 heavy (non-hydrogen) atoms. The van der Waals surface area contributed by atoms with Crippen molar-refractivity contribution in [1.82, 2.24) is 9.88 Å². The molecule has 3 heterocycles. The Labute approximate surface area is 129 Å². The number of anilines is 1. The van der Waals surface area contributed by atoms with Gasteiger partial charge in [0.2, 0.25) is 5.71 Å². The Morgan fingerprint density at radius 3 is 2.64 bits per heavy atom. The van der Waals surface area contributed by atoms with E-state index in [4.69, 9.17) is 4.42 Å². The van der Waals surface area contributed by atoms with Crippen LogP contribution in [0.4, 0.5) is 5.69 Å². The highest BCUT2D eigenvalue weighted by molar-refractivity contribution is 6.08. The molecule has 0 unspecified atom stereocenters. The van der Waals surface area contributed by atoms with Crippen molar-refractivity contribution in [2.75, 3.05) is 11.9 Å². The molecule has 4 heteroatoms. The minimum absolute atomic E-state index is 0.133. The van der Waals surface area contributed by atoms with E-state index in [9.17, 15) is 0 Å². The molecular formula is C18H19N3O. The highest BCUT2D eigenvalue weighted by atomic mass is 16.3. The van der Waals surface area contributed by atoms with Crippen LogP contribution < -0.4 is 4.90 Å². The second-order valence-electron chi connectivity index (χ2n) is 6.34. The molecule has 0 aliphatic carbocycles. The molecule has 0 spiro atoms. The average molecular weight is 293 g/mol. The largest absolute Gasteiger partial charge is 0.435 e. The van der Waals surface area contributed by atoms with Crippen LogP contribution in [0, 0.1) is 6.92 Å². The van der Waals surface area contributed by atoms with Gasteiger partial charge in [0.25, 0.3) is 0 Å². The minimum atomic E-state index is -0.133. The predicted molar refractivity (Wildman–Crippen MR) is 89.7 cm³/mol. The Balaban J connectivity index is 2.05. The summed E-state index contributed by atoms with van der Waals surface area (Å²) in [7, 11) is 2.09. The molecule has 2 aromatic heterocycles. The summed E-state index contributed by atoms with van der Waals surface area (Å²) >= 11 is 0. The number of fused-ring (bicyclic) bond motifs is 3. The van der Waals surface area contributed by atoms with Gasteiger partial charge < -0.3 is 14.2 Å². The fraction of sp³-hybridized carbons (Fsp3) is 0.278. The number of rotatable bonds is 1. The first-order chi connectivity index (χ1) is 10.5. The van der Waals surface area contributed by atoms with Gasteiger partial charge in [-0.25, -0.2) is 4.98 Å². The maximum Gasteiger partial charge on any atom is 0.227 e. The van der Waals surface area contributed by atoms with Crippen molar-refractivity contribution in [2.45, 2.75) is 26.4 Å². The molecule has 0 N–H and O–H groups in total. The van der Waals surface area contributed by atoms with Gasteiger partial charge in [-0.3, -0.25) is 0 Å². The summed E-state index contributed by atoms with van der Waals surface area (Å²) in [6.07, 6.45) is 5.98. The SMILES string of the molecule is Cc1ccc2c(oc3ncccc32)c1N1C=CN(C)C1(C)C. The Hall–Kier alpha value is -2.49. The molecule has 0 radical (unpaired) electrons. The molecule has 0 saturated carbocycles. The molecule has 1 aromatic carbocycles. The van der Waals surface area contributed by atoms with Gasteiger partial charge in [-0.15, -0.1) is 0 Å². The highest BCUT2D eigenvalue weighted by Gasteiger charge is 2.35. The van der Waals surface area contributed by atoms with E-state index in [1.807, 2.05) is 6.07 Å². The smallest absolute Gasteiger partial charge is 0.227 e. The van der Waals surface area contributed by atoms with Gasteiger partial charge in [-0.1, -0.05) is 12.1 Å². The van der Waals surface area contributed by atoms with Crippen molar-refractivity contribution < 1.29 is 4.42 Å². The lowest BCUT2D eigenvalue weighted by Crippen LogP contribution is -2.46. The number of aromatic nitrogens is 1. The Kier molecular flexibility index (Phi) is 2.55. The Bertz CT molecular complexity index is 907. The third-order valence-corrected chi connectivity index (χ3v) is 4.73. The number of nitrogens with zero attached hydrogens (tertiary/aromatic N) is 3. The summed E-state index contributed by atoms with van der Waals surface area (Å²) in [5, 5.41) is 2.18. The number of hydrogen-bond acceptors (Lipinski definition) is 4. The zero-order valence-corrected chi connectivity index (χ0v) is 13.3. The molecular weight excluding hydrogens is 274 g/mol. The van der Waals surface area contributed by atoms with Gasteiger partial charge in [0, 0.05) is 36.4 Å². The standard InChI is InChI=1S/C18H19N3O/c1-12-7-8-13-14-6-5-9-19-17(14)22-16(13)15(12)21-11-10-20(4)18(21,2)3/h5-11H,1-4H3. The molecule has 3 aromatic rings. The molecule has 0 atom stereocenters. The molecule has 0 amide bonds. The normalized spacial score (nSPS) is 17.1. The fourth-order valence-corrected chi connectivity index (χ4v) is 3.11. The summed E-state index contributed by atoms with van der Waals surface area (Å²) in [5.74, 6) is 0. The van der Waals surface area contributed by atoms with Crippen molar-refractivity contribution in [2.24, 2.45) is 0 Å². The quantitative estimate of drug-likeness (QED) is 0.671. The van der Waals surface area contributed by atoms with Crippen LogP contribution in [0.25, 0.3) is 22.1 Å². The van der Waals surface area contributed by atoms with Gasteiger partial charge in [0.05, 0.1) is 5.69 Å². The summed E-state index contributed by atoms with van der Waals surface area (Å²) in [6.45, 7) is 6.52. The third kappa shape index (κ3) is 1.61. The second kappa shape index (κ2) is 4.26. The lowest BCUT2D eigenvalue weighted by atomic mass is 10.1. The number of benzene rings is 1. The average Bonchev–Trinajstić information content (AvgIpc) is 2.98. The van der Waals surface area contributed by atoms with E-state index >= 15 is 0 Å². The van der Waals surface area contributed by atoms with E-state index in [-0.39, 0.29) is 5.66 Å². The van der Waals surface area contributed by atoms with E-state index in [0.29, 0.717) is 5.71 Å². The topological polar surface area (TPSA) is 32.5 Å². The van der Waals surface area contributed by atoms with E-state index in [2.05, 4.69) is 73.2 Å². The lowest BCUT2D eigenvalue weighted by molar-refractivity contribution is 0.253. The number of furan rings is 1. The van der Waals surface area contributed by atoms with Crippen molar-refractivity contribution in [3.05, 3.63) is 48.4 Å². The monoisotopic (exact) mass is 293 g/mol.